The molecule has 2 aromatic rings. The summed E-state index contributed by atoms with van der Waals surface area (Å²) in [5.41, 5.74) is 3.79. The van der Waals surface area contributed by atoms with Gasteiger partial charge in [0.2, 0.25) is 0 Å². The molecule has 0 saturated carbocycles. The predicted octanol–water partition coefficient (Wildman–Crippen LogP) is 4.73. The number of aryl methyl sites for hydroxylation is 2. The van der Waals surface area contributed by atoms with Gasteiger partial charge in [-0.1, -0.05) is 37.6 Å². The summed E-state index contributed by atoms with van der Waals surface area (Å²) in [7, 11) is 0. The first-order chi connectivity index (χ1) is 7.70. The number of hydrogen-bond donors (Lipinski definition) is 1. The minimum absolute atomic E-state index is 0.852. The van der Waals surface area contributed by atoms with E-state index >= 15 is 0 Å². The zero-order valence-electron chi connectivity index (χ0n) is 9.54. The van der Waals surface area contributed by atoms with Crippen molar-refractivity contribution in [2.75, 3.05) is 0 Å². The zero-order chi connectivity index (χ0) is 11.5. The fourth-order valence-electron chi connectivity index (χ4n) is 1.81. The minimum Gasteiger partial charge on any atom is -0.337 e. The molecule has 1 aromatic carbocycles. The molecule has 1 heterocycles. The van der Waals surface area contributed by atoms with Gasteiger partial charge in [0, 0.05) is 4.88 Å². The van der Waals surface area contributed by atoms with Gasteiger partial charge in [-0.15, -0.1) is 11.3 Å². The fourth-order valence-corrected chi connectivity index (χ4v) is 2.99. The lowest BCUT2D eigenvalue weighted by molar-refractivity contribution is 0.922. The summed E-state index contributed by atoms with van der Waals surface area (Å²) in [5, 5.41) is 0. The highest BCUT2D eigenvalue weighted by Gasteiger charge is 2.04. The Hall–Kier alpha value is -0.930. The van der Waals surface area contributed by atoms with Gasteiger partial charge >= 0.3 is 0 Å². The van der Waals surface area contributed by atoms with Crippen molar-refractivity contribution in [1.82, 2.24) is 4.98 Å². The van der Waals surface area contributed by atoms with Crippen molar-refractivity contribution in [3.63, 3.8) is 0 Å². The summed E-state index contributed by atoms with van der Waals surface area (Å²) in [4.78, 5) is 4.50. The minimum atomic E-state index is 0.852. The molecule has 0 amide bonds. The zero-order valence-corrected chi connectivity index (χ0v) is 11.2. The van der Waals surface area contributed by atoms with Gasteiger partial charge in [0.05, 0.1) is 5.69 Å². The molecule has 1 N–H and O–H groups in total. The normalized spacial score (nSPS) is 10.6. The smallest absolute Gasteiger partial charge is 0.159 e. The van der Waals surface area contributed by atoms with Crippen molar-refractivity contribution in [3.05, 3.63) is 38.7 Å². The second-order valence-electron chi connectivity index (χ2n) is 3.89. The molecule has 0 bridgehead atoms. The number of nitrogens with one attached hydrogen (secondary N) is 1. The molecule has 16 heavy (non-hydrogen) atoms. The van der Waals surface area contributed by atoms with E-state index in [0.29, 0.717) is 0 Å². The third-order valence-corrected chi connectivity index (χ3v) is 3.76. The third-order valence-electron chi connectivity index (χ3n) is 2.61. The van der Waals surface area contributed by atoms with Crippen LogP contribution in [0.4, 0.5) is 0 Å². The quantitative estimate of drug-likeness (QED) is 0.777. The molecular weight excluding hydrogens is 234 g/mol. The van der Waals surface area contributed by atoms with Gasteiger partial charge in [-0.2, -0.15) is 0 Å². The molecule has 2 rings (SSSR count). The molecule has 0 radical (unpaired) electrons. The van der Waals surface area contributed by atoms with E-state index in [0.717, 1.165) is 16.1 Å². The molecule has 0 aliphatic rings. The summed E-state index contributed by atoms with van der Waals surface area (Å²) in [6.07, 6.45) is 2.35. The molecule has 0 fully saturated rings. The molecule has 0 unspecified atom stereocenters. The van der Waals surface area contributed by atoms with Crippen molar-refractivity contribution in [2.24, 2.45) is 0 Å². The first-order valence-electron chi connectivity index (χ1n) is 5.49. The number of aromatic amines is 1. The van der Waals surface area contributed by atoms with Crippen LogP contribution in [0, 0.1) is 10.9 Å². The van der Waals surface area contributed by atoms with Crippen molar-refractivity contribution < 1.29 is 0 Å². The fraction of sp³-hybridized carbons (Fsp3) is 0.308. The Labute approximate surface area is 105 Å². The number of aromatic nitrogens is 1. The van der Waals surface area contributed by atoms with Crippen LogP contribution in [0.1, 0.15) is 23.8 Å². The molecule has 0 aliphatic carbocycles. The molecule has 84 valence electrons. The van der Waals surface area contributed by atoms with E-state index in [2.05, 4.69) is 43.1 Å². The van der Waals surface area contributed by atoms with Crippen LogP contribution in [0.15, 0.2) is 24.3 Å². The van der Waals surface area contributed by atoms with E-state index in [1.165, 1.54) is 22.4 Å². The predicted molar refractivity (Wildman–Crippen MR) is 73.7 cm³/mol. The summed E-state index contributed by atoms with van der Waals surface area (Å²) < 4.78 is 0.852. The number of hydrogen-bond acceptors (Lipinski definition) is 2. The summed E-state index contributed by atoms with van der Waals surface area (Å²) in [6, 6.07) is 8.75. The van der Waals surface area contributed by atoms with Crippen LogP contribution in [0.3, 0.4) is 0 Å². The molecule has 0 spiro atoms. The largest absolute Gasteiger partial charge is 0.337 e. The maximum absolute atomic E-state index is 5.15. The number of benzene rings is 1. The molecule has 0 aliphatic heterocycles. The highest BCUT2D eigenvalue weighted by atomic mass is 32.1. The van der Waals surface area contributed by atoms with Crippen LogP contribution in [-0.2, 0) is 6.42 Å². The average molecular weight is 249 g/mol. The van der Waals surface area contributed by atoms with Gasteiger partial charge < -0.3 is 4.98 Å². The lowest BCUT2D eigenvalue weighted by atomic mass is 10.1. The Balaban J connectivity index is 2.34. The van der Waals surface area contributed by atoms with E-state index in [9.17, 15) is 0 Å². The molecule has 1 aromatic heterocycles. The second-order valence-corrected chi connectivity index (χ2v) is 5.78. The number of rotatable bonds is 3. The van der Waals surface area contributed by atoms with Gasteiger partial charge in [-0.3, -0.25) is 0 Å². The summed E-state index contributed by atoms with van der Waals surface area (Å²) in [6.45, 7) is 4.31. The standard InChI is InChI=1S/C13H15NS2/c1-3-4-10-5-7-11(8-6-10)12-9(2)16-13(15)14-12/h5-8H,3-4H2,1-2H3,(H,14,15). The van der Waals surface area contributed by atoms with Gasteiger partial charge in [0.15, 0.2) is 3.95 Å². The molecule has 0 saturated heterocycles. The van der Waals surface area contributed by atoms with Crippen molar-refractivity contribution in [3.8, 4) is 11.3 Å². The molecular formula is C13H15NS2. The van der Waals surface area contributed by atoms with Gasteiger partial charge in [0.1, 0.15) is 0 Å². The Morgan fingerprint density at radius 2 is 1.94 bits per heavy atom. The Kier molecular flexibility index (Phi) is 3.56. The van der Waals surface area contributed by atoms with E-state index in [1.54, 1.807) is 11.3 Å². The highest BCUT2D eigenvalue weighted by Crippen LogP contribution is 2.25. The lowest BCUT2D eigenvalue weighted by Crippen LogP contribution is -1.84. The Morgan fingerprint density at radius 3 is 2.44 bits per heavy atom. The number of H-pyrrole nitrogens is 1. The van der Waals surface area contributed by atoms with Crippen molar-refractivity contribution in [1.29, 1.82) is 0 Å². The van der Waals surface area contributed by atoms with E-state index in [-0.39, 0.29) is 0 Å². The van der Waals surface area contributed by atoms with Crippen LogP contribution in [0.25, 0.3) is 11.3 Å². The first-order valence-corrected chi connectivity index (χ1v) is 6.72. The first kappa shape index (κ1) is 11.6. The maximum atomic E-state index is 5.15. The average Bonchev–Trinajstić information content (AvgIpc) is 2.59. The van der Waals surface area contributed by atoms with Crippen molar-refractivity contribution in [2.45, 2.75) is 26.7 Å². The Bertz CT molecular complexity index is 520. The Morgan fingerprint density at radius 1 is 1.25 bits per heavy atom. The van der Waals surface area contributed by atoms with Crippen LogP contribution < -0.4 is 0 Å². The van der Waals surface area contributed by atoms with Crippen molar-refractivity contribution >= 4 is 23.6 Å². The maximum Gasteiger partial charge on any atom is 0.159 e. The highest BCUT2D eigenvalue weighted by molar-refractivity contribution is 7.73. The lowest BCUT2D eigenvalue weighted by Gasteiger charge is -2.02. The summed E-state index contributed by atoms with van der Waals surface area (Å²) in [5.74, 6) is 0. The third kappa shape index (κ3) is 2.42. The van der Waals surface area contributed by atoms with Gasteiger partial charge in [-0.05, 0) is 36.7 Å². The van der Waals surface area contributed by atoms with Gasteiger partial charge in [0.25, 0.3) is 0 Å². The van der Waals surface area contributed by atoms with Crippen LogP contribution in [0.2, 0.25) is 0 Å². The van der Waals surface area contributed by atoms with E-state index in [4.69, 9.17) is 12.2 Å². The second kappa shape index (κ2) is 4.93. The topological polar surface area (TPSA) is 15.8 Å². The van der Waals surface area contributed by atoms with Crippen LogP contribution >= 0.6 is 23.6 Å². The number of thiazole rings is 1. The summed E-state index contributed by atoms with van der Waals surface area (Å²) >= 11 is 6.79. The molecule has 3 heteroatoms. The van der Waals surface area contributed by atoms with Gasteiger partial charge in [-0.25, -0.2) is 0 Å². The van der Waals surface area contributed by atoms with E-state index in [1.807, 2.05) is 0 Å². The van der Waals surface area contributed by atoms with Crippen LogP contribution in [0.5, 0.6) is 0 Å². The van der Waals surface area contributed by atoms with E-state index < -0.39 is 0 Å². The van der Waals surface area contributed by atoms with Crippen LogP contribution in [-0.4, -0.2) is 4.98 Å². The monoisotopic (exact) mass is 249 g/mol. The molecule has 1 nitrogen and oxygen atoms in total. The molecule has 0 atom stereocenters. The SMILES string of the molecule is CCCc1ccc(-c2[nH]c(=S)sc2C)cc1.